The Hall–Kier alpha value is -1.58. The van der Waals surface area contributed by atoms with Crippen LogP contribution in [0.3, 0.4) is 0 Å². The lowest BCUT2D eigenvalue weighted by Crippen LogP contribution is -2.38. The van der Waals surface area contributed by atoms with Crippen molar-refractivity contribution in [3.63, 3.8) is 0 Å². The Labute approximate surface area is 139 Å². The van der Waals surface area contributed by atoms with E-state index in [1.54, 1.807) is 0 Å². The average Bonchev–Trinajstić information content (AvgIpc) is 2.46. The lowest BCUT2D eigenvalue weighted by atomic mass is 9.95. The quantitative estimate of drug-likeness (QED) is 0.904. The van der Waals surface area contributed by atoms with Gasteiger partial charge < -0.3 is 9.88 Å². The fourth-order valence-electron chi connectivity index (χ4n) is 3.29. The predicted molar refractivity (Wildman–Crippen MR) is 94.1 cm³/mol. The van der Waals surface area contributed by atoms with Crippen LogP contribution in [0.2, 0.25) is 0 Å². The van der Waals surface area contributed by atoms with Crippen molar-refractivity contribution < 1.29 is 4.79 Å². The highest BCUT2D eigenvalue weighted by atomic mass is 16.2. The van der Waals surface area contributed by atoms with Crippen molar-refractivity contribution in [2.75, 3.05) is 0 Å². The molecule has 0 atom stereocenters. The molecule has 4 heteroatoms. The number of nitrogens with zero attached hydrogens (tertiary/aromatic N) is 1. The van der Waals surface area contributed by atoms with Crippen LogP contribution in [-0.4, -0.2) is 16.5 Å². The Morgan fingerprint density at radius 3 is 2.57 bits per heavy atom. The van der Waals surface area contributed by atoms with E-state index in [4.69, 9.17) is 0 Å². The first-order chi connectivity index (χ1) is 11.0. The molecule has 128 valence electrons. The molecule has 1 aromatic rings. The highest BCUT2D eigenvalue weighted by Gasteiger charge is 2.20. The monoisotopic (exact) mass is 318 g/mol. The Morgan fingerprint density at radius 1 is 1.22 bits per heavy atom. The second-order valence-corrected chi connectivity index (χ2v) is 6.88. The predicted octanol–water partition coefficient (Wildman–Crippen LogP) is 3.45. The summed E-state index contributed by atoms with van der Waals surface area (Å²) in [6.07, 6.45) is 8.70. The van der Waals surface area contributed by atoms with Crippen molar-refractivity contribution in [3.05, 3.63) is 33.2 Å². The van der Waals surface area contributed by atoms with Gasteiger partial charge in [-0.05, 0) is 57.6 Å². The molecule has 0 saturated carbocycles. The zero-order valence-electron chi connectivity index (χ0n) is 14.8. The van der Waals surface area contributed by atoms with E-state index in [0.717, 1.165) is 45.1 Å². The highest BCUT2D eigenvalue weighted by Crippen LogP contribution is 2.20. The van der Waals surface area contributed by atoms with Crippen molar-refractivity contribution in [3.8, 4) is 0 Å². The number of aryl methyl sites for hydroxylation is 1. The molecular weight excluding hydrogens is 288 g/mol. The van der Waals surface area contributed by atoms with Crippen molar-refractivity contribution in [1.82, 2.24) is 9.88 Å². The number of nitrogens with one attached hydrogen (secondary N) is 1. The molecular formula is C19H30N2O2. The van der Waals surface area contributed by atoms with Crippen LogP contribution in [0.25, 0.3) is 0 Å². The third kappa shape index (κ3) is 4.46. The molecule has 0 bridgehead atoms. The summed E-state index contributed by atoms with van der Waals surface area (Å²) in [5, 5.41) is 2.87. The summed E-state index contributed by atoms with van der Waals surface area (Å²) in [6, 6.07) is 1.90. The van der Waals surface area contributed by atoms with E-state index in [9.17, 15) is 9.59 Å². The van der Waals surface area contributed by atoms with Gasteiger partial charge in [0, 0.05) is 18.3 Å². The lowest BCUT2D eigenvalue weighted by molar-refractivity contribution is 0.0940. The third-order valence-corrected chi connectivity index (χ3v) is 4.50. The van der Waals surface area contributed by atoms with E-state index >= 15 is 0 Å². The summed E-state index contributed by atoms with van der Waals surface area (Å²) in [6.45, 7) is 6.69. The standard InChI is InChI=1S/C19H30N2O2/c1-4-5-12-21-17-11-9-7-6-8-10-15(17)13-16(19(21)23)18(22)20-14(2)3/h13-14H,4-12H2,1-3H3,(H,20,22). The zero-order valence-corrected chi connectivity index (χ0v) is 14.8. The molecule has 1 aliphatic carbocycles. The second kappa shape index (κ2) is 8.32. The molecule has 0 unspecified atom stereocenters. The van der Waals surface area contributed by atoms with Crippen LogP contribution < -0.4 is 10.9 Å². The number of fused-ring (bicyclic) bond motifs is 1. The minimum Gasteiger partial charge on any atom is -0.350 e. The first kappa shape index (κ1) is 17.8. The number of aromatic nitrogens is 1. The van der Waals surface area contributed by atoms with Gasteiger partial charge in [-0.3, -0.25) is 9.59 Å². The van der Waals surface area contributed by atoms with Crippen LogP contribution in [0.15, 0.2) is 10.9 Å². The van der Waals surface area contributed by atoms with Gasteiger partial charge in [0.15, 0.2) is 0 Å². The van der Waals surface area contributed by atoms with Gasteiger partial charge in [-0.15, -0.1) is 0 Å². The molecule has 0 aliphatic heterocycles. The molecule has 1 N–H and O–H groups in total. The molecule has 1 heterocycles. The number of carbonyl (C=O) groups is 1. The molecule has 1 aliphatic rings. The fourth-order valence-corrected chi connectivity index (χ4v) is 3.29. The Bertz CT molecular complexity index is 602. The SMILES string of the molecule is CCCCn1c2c(cc(C(=O)NC(C)C)c1=O)CCCCCC2. The van der Waals surface area contributed by atoms with Crippen LogP contribution in [0, 0.1) is 0 Å². The number of hydrogen-bond donors (Lipinski definition) is 1. The van der Waals surface area contributed by atoms with Gasteiger partial charge in [-0.1, -0.05) is 26.2 Å². The molecule has 23 heavy (non-hydrogen) atoms. The summed E-state index contributed by atoms with van der Waals surface area (Å²) >= 11 is 0. The number of carbonyl (C=O) groups excluding carboxylic acids is 1. The lowest BCUT2D eigenvalue weighted by Gasteiger charge is -2.21. The van der Waals surface area contributed by atoms with E-state index in [1.165, 1.54) is 24.1 Å². The smallest absolute Gasteiger partial charge is 0.263 e. The third-order valence-electron chi connectivity index (χ3n) is 4.50. The minimum atomic E-state index is -0.236. The summed E-state index contributed by atoms with van der Waals surface area (Å²) in [4.78, 5) is 25.3. The maximum Gasteiger partial charge on any atom is 0.263 e. The second-order valence-electron chi connectivity index (χ2n) is 6.88. The average molecular weight is 318 g/mol. The van der Waals surface area contributed by atoms with Crippen molar-refractivity contribution in [1.29, 1.82) is 0 Å². The number of pyridine rings is 1. The van der Waals surface area contributed by atoms with Gasteiger partial charge in [-0.2, -0.15) is 0 Å². The van der Waals surface area contributed by atoms with Crippen LogP contribution in [0.5, 0.6) is 0 Å². The molecule has 0 saturated heterocycles. The minimum absolute atomic E-state index is 0.0352. The Balaban J connectivity index is 2.49. The molecule has 0 spiro atoms. The number of rotatable bonds is 5. The molecule has 1 aromatic heterocycles. The fraction of sp³-hybridized carbons (Fsp3) is 0.684. The van der Waals surface area contributed by atoms with Crippen molar-refractivity contribution in [2.24, 2.45) is 0 Å². The molecule has 0 fully saturated rings. The number of hydrogen-bond acceptors (Lipinski definition) is 2. The molecule has 0 aromatic carbocycles. The summed E-state index contributed by atoms with van der Waals surface area (Å²) in [7, 11) is 0. The summed E-state index contributed by atoms with van der Waals surface area (Å²) < 4.78 is 1.89. The van der Waals surface area contributed by atoms with Crippen molar-refractivity contribution in [2.45, 2.75) is 84.7 Å². The van der Waals surface area contributed by atoms with E-state index in [2.05, 4.69) is 12.2 Å². The highest BCUT2D eigenvalue weighted by molar-refractivity contribution is 5.94. The van der Waals surface area contributed by atoms with Gasteiger partial charge in [0.25, 0.3) is 11.5 Å². The Kier molecular flexibility index (Phi) is 6.43. The maximum absolute atomic E-state index is 12.9. The van der Waals surface area contributed by atoms with Gasteiger partial charge in [0.05, 0.1) is 0 Å². The number of unbranched alkanes of at least 4 members (excludes halogenated alkanes) is 1. The molecule has 1 amide bonds. The van der Waals surface area contributed by atoms with Crippen LogP contribution in [0.4, 0.5) is 0 Å². The number of amides is 1. The van der Waals surface area contributed by atoms with E-state index in [1.807, 2.05) is 24.5 Å². The first-order valence-corrected chi connectivity index (χ1v) is 9.11. The van der Waals surface area contributed by atoms with Gasteiger partial charge in [-0.25, -0.2) is 0 Å². The topological polar surface area (TPSA) is 51.1 Å². The van der Waals surface area contributed by atoms with Crippen molar-refractivity contribution >= 4 is 5.91 Å². The first-order valence-electron chi connectivity index (χ1n) is 9.11. The molecule has 4 nitrogen and oxygen atoms in total. The van der Waals surface area contributed by atoms with Crippen LogP contribution in [-0.2, 0) is 19.4 Å². The summed E-state index contributed by atoms with van der Waals surface area (Å²) in [5.74, 6) is -0.236. The van der Waals surface area contributed by atoms with Gasteiger partial charge in [0.1, 0.15) is 5.56 Å². The molecule has 0 radical (unpaired) electrons. The zero-order chi connectivity index (χ0) is 16.8. The van der Waals surface area contributed by atoms with E-state index < -0.39 is 0 Å². The van der Waals surface area contributed by atoms with E-state index in [0.29, 0.717) is 5.56 Å². The van der Waals surface area contributed by atoms with Gasteiger partial charge >= 0.3 is 0 Å². The maximum atomic E-state index is 12.9. The largest absolute Gasteiger partial charge is 0.350 e. The normalized spacial score (nSPS) is 15.0. The Morgan fingerprint density at radius 2 is 1.91 bits per heavy atom. The molecule has 2 rings (SSSR count). The van der Waals surface area contributed by atoms with Crippen LogP contribution >= 0.6 is 0 Å². The van der Waals surface area contributed by atoms with Crippen LogP contribution in [0.1, 0.15) is 80.9 Å². The van der Waals surface area contributed by atoms with E-state index in [-0.39, 0.29) is 17.5 Å². The van der Waals surface area contributed by atoms with Gasteiger partial charge in [0.2, 0.25) is 0 Å². The summed E-state index contributed by atoms with van der Waals surface area (Å²) in [5.41, 5.74) is 2.57.